The molecule has 1 radical (unpaired) electrons. The Bertz CT molecular complexity index is 96.7. The normalized spacial score (nSPS) is 18.6. The average molecular weight is 112 g/mol. The van der Waals surface area contributed by atoms with E-state index < -0.39 is 0 Å². The topological polar surface area (TPSA) is 43.1 Å². The largest absolute Gasteiger partial charge is 0.330 e. The molecule has 0 atom stereocenters. The highest BCUT2D eigenvalue weighted by atomic mass is 16.1. The number of hydrogen-bond donors (Lipinski definition) is 1. The van der Waals surface area contributed by atoms with Crippen LogP contribution in [0.1, 0.15) is 19.3 Å². The standard InChI is InChI=1S/C6H10NO/c7-4-3-6(8)5-1-2-5/h1-4,7H2. The Kier molecular flexibility index (Phi) is 1.63. The zero-order chi connectivity index (χ0) is 5.98. The lowest BCUT2D eigenvalue weighted by Crippen LogP contribution is -2.07. The van der Waals surface area contributed by atoms with Crippen molar-refractivity contribution in [3.8, 4) is 0 Å². The van der Waals surface area contributed by atoms with Crippen LogP contribution >= 0.6 is 0 Å². The predicted molar refractivity (Wildman–Crippen MR) is 31.2 cm³/mol. The van der Waals surface area contributed by atoms with Gasteiger partial charge in [-0.2, -0.15) is 0 Å². The fourth-order valence-electron chi connectivity index (χ4n) is 0.649. The number of carbonyl (C=O) groups excluding carboxylic acids is 1. The first kappa shape index (κ1) is 5.76. The van der Waals surface area contributed by atoms with Gasteiger partial charge in [0.25, 0.3) is 0 Å². The van der Waals surface area contributed by atoms with E-state index in [-0.39, 0.29) is 5.78 Å². The quantitative estimate of drug-likeness (QED) is 0.569. The fourth-order valence-corrected chi connectivity index (χ4v) is 0.649. The minimum atomic E-state index is 0.285. The van der Waals surface area contributed by atoms with Crippen molar-refractivity contribution in [3.05, 3.63) is 5.92 Å². The number of ketones is 1. The molecule has 1 aliphatic carbocycles. The molecule has 8 heavy (non-hydrogen) atoms. The van der Waals surface area contributed by atoms with Gasteiger partial charge in [-0.25, -0.2) is 0 Å². The lowest BCUT2D eigenvalue weighted by molar-refractivity contribution is -0.116. The van der Waals surface area contributed by atoms with E-state index in [4.69, 9.17) is 5.73 Å². The lowest BCUT2D eigenvalue weighted by Gasteiger charge is -1.89. The summed E-state index contributed by atoms with van der Waals surface area (Å²) < 4.78 is 0. The third-order valence-electron chi connectivity index (χ3n) is 1.27. The van der Waals surface area contributed by atoms with Gasteiger partial charge in [-0.05, 0) is 19.4 Å². The molecular formula is C6H10NO. The smallest absolute Gasteiger partial charge is 0.141 e. The Morgan fingerprint density at radius 2 is 2.25 bits per heavy atom. The fraction of sp³-hybridized carbons (Fsp3) is 0.667. The monoisotopic (exact) mass is 112 g/mol. The van der Waals surface area contributed by atoms with Gasteiger partial charge in [-0.1, -0.05) is 0 Å². The van der Waals surface area contributed by atoms with Crippen molar-refractivity contribution in [3.63, 3.8) is 0 Å². The second kappa shape index (κ2) is 2.27. The van der Waals surface area contributed by atoms with Crippen LogP contribution in [0.3, 0.4) is 0 Å². The van der Waals surface area contributed by atoms with Crippen molar-refractivity contribution < 1.29 is 4.79 Å². The maximum atomic E-state index is 10.7. The van der Waals surface area contributed by atoms with E-state index in [9.17, 15) is 4.79 Å². The molecule has 0 spiro atoms. The van der Waals surface area contributed by atoms with Gasteiger partial charge in [0.2, 0.25) is 0 Å². The van der Waals surface area contributed by atoms with Crippen molar-refractivity contribution in [2.75, 3.05) is 6.54 Å². The Morgan fingerprint density at radius 1 is 1.62 bits per heavy atom. The number of carbonyl (C=O) groups is 1. The maximum absolute atomic E-state index is 10.7. The third kappa shape index (κ3) is 1.30. The molecular weight excluding hydrogens is 102 g/mol. The van der Waals surface area contributed by atoms with Crippen LogP contribution in [0.2, 0.25) is 0 Å². The van der Waals surface area contributed by atoms with Gasteiger partial charge in [0.15, 0.2) is 0 Å². The molecule has 0 aromatic rings. The summed E-state index contributed by atoms with van der Waals surface area (Å²) in [5.74, 6) is 1.38. The van der Waals surface area contributed by atoms with Crippen LogP contribution in [0.5, 0.6) is 0 Å². The Labute approximate surface area is 49.1 Å². The summed E-state index contributed by atoms with van der Waals surface area (Å²) >= 11 is 0. The summed E-state index contributed by atoms with van der Waals surface area (Å²) in [6.07, 6.45) is 2.60. The highest BCUT2D eigenvalue weighted by Gasteiger charge is 2.29. The van der Waals surface area contributed by atoms with Crippen LogP contribution in [-0.2, 0) is 4.79 Å². The van der Waals surface area contributed by atoms with E-state index >= 15 is 0 Å². The number of nitrogens with two attached hydrogens (primary N) is 1. The molecule has 1 fully saturated rings. The van der Waals surface area contributed by atoms with E-state index in [1.54, 1.807) is 0 Å². The van der Waals surface area contributed by atoms with E-state index in [1.165, 1.54) is 0 Å². The second-order valence-corrected chi connectivity index (χ2v) is 2.07. The Balaban J connectivity index is 2.13. The van der Waals surface area contributed by atoms with Gasteiger partial charge in [-0.3, -0.25) is 4.79 Å². The van der Waals surface area contributed by atoms with Crippen LogP contribution in [-0.4, -0.2) is 12.3 Å². The molecule has 1 rings (SSSR count). The molecule has 0 aliphatic heterocycles. The second-order valence-electron chi connectivity index (χ2n) is 2.07. The first-order valence-electron chi connectivity index (χ1n) is 2.92. The van der Waals surface area contributed by atoms with Crippen molar-refractivity contribution in [1.29, 1.82) is 0 Å². The molecule has 0 amide bonds. The van der Waals surface area contributed by atoms with E-state index in [0.29, 0.717) is 13.0 Å². The first-order chi connectivity index (χ1) is 3.84. The zero-order valence-corrected chi connectivity index (χ0v) is 4.81. The van der Waals surface area contributed by atoms with Crippen LogP contribution < -0.4 is 5.73 Å². The number of rotatable bonds is 3. The van der Waals surface area contributed by atoms with Crippen LogP contribution in [0.15, 0.2) is 0 Å². The Hall–Kier alpha value is -0.370. The molecule has 2 N–H and O–H groups in total. The SMILES string of the molecule is NCCC(=O)[C]1CC1. The summed E-state index contributed by atoms with van der Waals surface area (Å²) in [5, 5.41) is 0. The average Bonchev–Trinajstić information content (AvgIpc) is 2.45. The van der Waals surface area contributed by atoms with Crippen molar-refractivity contribution in [2.24, 2.45) is 5.73 Å². The summed E-state index contributed by atoms with van der Waals surface area (Å²) in [7, 11) is 0. The minimum Gasteiger partial charge on any atom is -0.330 e. The van der Waals surface area contributed by atoms with Crippen LogP contribution in [0.25, 0.3) is 0 Å². The van der Waals surface area contributed by atoms with Crippen molar-refractivity contribution in [2.45, 2.75) is 19.3 Å². The highest BCUT2D eigenvalue weighted by molar-refractivity contribution is 5.95. The molecule has 2 heteroatoms. The molecule has 0 bridgehead atoms. The van der Waals surface area contributed by atoms with Gasteiger partial charge in [0.05, 0.1) is 0 Å². The van der Waals surface area contributed by atoms with Crippen molar-refractivity contribution in [1.82, 2.24) is 0 Å². The zero-order valence-electron chi connectivity index (χ0n) is 4.81. The molecule has 45 valence electrons. The third-order valence-corrected chi connectivity index (χ3v) is 1.27. The van der Waals surface area contributed by atoms with Gasteiger partial charge in [0, 0.05) is 12.3 Å². The lowest BCUT2D eigenvalue weighted by atomic mass is 10.2. The molecule has 0 heterocycles. The predicted octanol–water partition coefficient (Wildman–Crippen LogP) is 0.273. The highest BCUT2D eigenvalue weighted by Crippen LogP contribution is 2.33. The van der Waals surface area contributed by atoms with E-state index in [0.717, 1.165) is 18.8 Å². The molecule has 0 saturated heterocycles. The van der Waals surface area contributed by atoms with Gasteiger partial charge >= 0.3 is 0 Å². The summed E-state index contributed by atoms with van der Waals surface area (Å²) in [6, 6.07) is 0. The molecule has 1 saturated carbocycles. The van der Waals surface area contributed by atoms with Gasteiger partial charge in [0.1, 0.15) is 5.78 Å². The van der Waals surface area contributed by atoms with Gasteiger partial charge < -0.3 is 5.73 Å². The van der Waals surface area contributed by atoms with Gasteiger partial charge in [-0.15, -0.1) is 0 Å². The maximum Gasteiger partial charge on any atom is 0.141 e. The van der Waals surface area contributed by atoms with E-state index in [2.05, 4.69) is 0 Å². The summed E-state index contributed by atoms with van der Waals surface area (Å²) in [4.78, 5) is 10.7. The molecule has 0 unspecified atom stereocenters. The molecule has 0 aromatic carbocycles. The molecule has 1 aliphatic rings. The van der Waals surface area contributed by atoms with Crippen LogP contribution in [0, 0.1) is 5.92 Å². The number of hydrogen-bond acceptors (Lipinski definition) is 2. The van der Waals surface area contributed by atoms with Crippen LogP contribution in [0.4, 0.5) is 0 Å². The summed E-state index contributed by atoms with van der Waals surface area (Å²) in [5.41, 5.74) is 5.16. The molecule has 0 aromatic heterocycles. The molecule has 2 nitrogen and oxygen atoms in total. The van der Waals surface area contributed by atoms with E-state index in [1.807, 2.05) is 0 Å². The number of Topliss-reactive ketones (excluding diaryl/α,β-unsaturated/α-hetero) is 1. The summed E-state index contributed by atoms with van der Waals surface area (Å²) in [6.45, 7) is 0.502. The van der Waals surface area contributed by atoms with Crippen molar-refractivity contribution >= 4 is 5.78 Å². The minimum absolute atomic E-state index is 0.285. The Morgan fingerprint density at radius 3 is 2.62 bits per heavy atom. The first-order valence-corrected chi connectivity index (χ1v) is 2.92.